The monoisotopic (exact) mass is 181 g/mol. The summed E-state index contributed by atoms with van der Waals surface area (Å²) in [6, 6.07) is 3.65. The number of aliphatic hydroxyl groups excluding tert-OH is 1. The molecule has 1 aromatic rings. The molecular formula is C9H15N3O. The summed E-state index contributed by atoms with van der Waals surface area (Å²) in [6.45, 7) is 0.478. The fourth-order valence-corrected chi connectivity index (χ4v) is 0.974. The topological polar surface area (TPSA) is 62.4 Å². The summed E-state index contributed by atoms with van der Waals surface area (Å²) in [7, 11) is 3.59. The van der Waals surface area contributed by atoms with E-state index in [1.165, 1.54) is 0 Å². The normalized spacial score (nSPS) is 13.3. The van der Waals surface area contributed by atoms with Gasteiger partial charge in [0.25, 0.3) is 0 Å². The number of nitrogens with two attached hydrogens (primary N) is 1. The molecule has 0 fully saturated rings. The SMILES string of the molecule is CN(C)[C@@H](O)c1ccc(CN)cn1. The third kappa shape index (κ3) is 2.48. The van der Waals surface area contributed by atoms with Gasteiger partial charge < -0.3 is 10.8 Å². The highest BCUT2D eigenvalue weighted by Crippen LogP contribution is 2.11. The first-order chi connectivity index (χ1) is 6.15. The van der Waals surface area contributed by atoms with Gasteiger partial charge in [-0.2, -0.15) is 0 Å². The predicted molar refractivity (Wildman–Crippen MR) is 50.8 cm³/mol. The second-order valence-corrected chi connectivity index (χ2v) is 3.13. The highest BCUT2D eigenvalue weighted by molar-refractivity contribution is 5.14. The zero-order valence-corrected chi connectivity index (χ0v) is 7.94. The molecule has 3 N–H and O–H groups in total. The molecule has 0 amide bonds. The Morgan fingerprint density at radius 3 is 2.62 bits per heavy atom. The maximum Gasteiger partial charge on any atom is 0.150 e. The second kappa shape index (κ2) is 4.32. The van der Waals surface area contributed by atoms with E-state index in [2.05, 4.69) is 4.98 Å². The standard InChI is InChI=1S/C9H15N3O/c1-12(2)9(13)8-4-3-7(5-10)6-11-8/h3-4,6,9,13H,5,10H2,1-2H3/t9-/m0/s1. The summed E-state index contributed by atoms with van der Waals surface area (Å²) in [4.78, 5) is 5.78. The fraction of sp³-hybridized carbons (Fsp3) is 0.444. The van der Waals surface area contributed by atoms with Crippen molar-refractivity contribution in [3.05, 3.63) is 29.6 Å². The Morgan fingerprint density at radius 1 is 1.54 bits per heavy atom. The molecule has 72 valence electrons. The van der Waals surface area contributed by atoms with Gasteiger partial charge in [0.1, 0.15) is 6.23 Å². The lowest BCUT2D eigenvalue weighted by atomic mass is 10.2. The lowest BCUT2D eigenvalue weighted by molar-refractivity contribution is 0.0358. The first kappa shape index (κ1) is 10.1. The van der Waals surface area contributed by atoms with Gasteiger partial charge in [0, 0.05) is 12.7 Å². The molecule has 4 heteroatoms. The maximum atomic E-state index is 9.59. The summed E-state index contributed by atoms with van der Waals surface area (Å²) >= 11 is 0. The van der Waals surface area contributed by atoms with Crippen molar-refractivity contribution in [2.45, 2.75) is 12.8 Å². The van der Waals surface area contributed by atoms with Crippen molar-refractivity contribution in [3.63, 3.8) is 0 Å². The quantitative estimate of drug-likeness (QED) is 0.649. The molecule has 0 saturated carbocycles. The van der Waals surface area contributed by atoms with Crippen LogP contribution in [0.2, 0.25) is 0 Å². The Kier molecular flexibility index (Phi) is 3.36. The number of pyridine rings is 1. The van der Waals surface area contributed by atoms with Gasteiger partial charge in [0.05, 0.1) is 5.69 Å². The van der Waals surface area contributed by atoms with Gasteiger partial charge >= 0.3 is 0 Å². The molecule has 0 saturated heterocycles. The largest absolute Gasteiger partial charge is 0.372 e. The average Bonchev–Trinajstić information content (AvgIpc) is 2.17. The fourth-order valence-electron chi connectivity index (χ4n) is 0.974. The van der Waals surface area contributed by atoms with Gasteiger partial charge in [-0.3, -0.25) is 9.88 Å². The van der Waals surface area contributed by atoms with Crippen LogP contribution in [0.3, 0.4) is 0 Å². The van der Waals surface area contributed by atoms with Crippen molar-refractivity contribution in [2.75, 3.05) is 14.1 Å². The molecule has 1 heterocycles. The molecule has 1 aromatic heterocycles. The molecule has 13 heavy (non-hydrogen) atoms. The molecule has 4 nitrogen and oxygen atoms in total. The molecule has 0 unspecified atom stereocenters. The summed E-state index contributed by atoms with van der Waals surface area (Å²) in [5, 5.41) is 9.59. The summed E-state index contributed by atoms with van der Waals surface area (Å²) in [5.74, 6) is 0. The van der Waals surface area contributed by atoms with Gasteiger partial charge in [-0.15, -0.1) is 0 Å². The van der Waals surface area contributed by atoms with Gasteiger partial charge in [0.2, 0.25) is 0 Å². The van der Waals surface area contributed by atoms with Crippen molar-refractivity contribution >= 4 is 0 Å². The summed E-state index contributed by atoms with van der Waals surface area (Å²) < 4.78 is 0. The number of aromatic nitrogens is 1. The number of rotatable bonds is 3. The van der Waals surface area contributed by atoms with E-state index in [9.17, 15) is 5.11 Å². The predicted octanol–water partition coefficient (Wildman–Crippen LogP) is 0.0928. The Bertz CT molecular complexity index is 258. The van der Waals surface area contributed by atoms with E-state index in [-0.39, 0.29) is 0 Å². The molecule has 0 aliphatic carbocycles. The third-order valence-electron chi connectivity index (χ3n) is 1.84. The van der Waals surface area contributed by atoms with E-state index in [4.69, 9.17) is 5.73 Å². The van der Waals surface area contributed by atoms with Crippen LogP contribution in [0.25, 0.3) is 0 Å². The second-order valence-electron chi connectivity index (χ2n) is 3.13. The minimum Gasteiger partial charge on any atom is -0.372 e. The summed E-state index contributed by atoms with van der Waals surface area (Å²) in [6.07, 6.45) is 1.04. The molecule has 1 atom stereocenters. The molecule has 0 spiro atoms. The van der Waals surface area contributed by atoms with Crippen LogP contribution in [0.4, 0.5) is 0 Å². The van der Waals surface area contributed by atoms with Crippen LogP contribution in [0.1, 0.15) is 17.5 Å². The van der Waals surface area contributed by atoms with Crippen LogP contribution >= 0.6 is 0 Å². The van der Waals surface area contributed by atoms with Gasteiger partial charge in [-0.1, -0.05) is 6.07 Å². The van der Waals surface area contributed by atoms with Gasteiger partial charge in [0.15, 0.2) is 0 Å². The molecule has 0 aromatic carbocycles. The van der Waals surface area contributed by atoms with Crippen LogP contribution in [-0.2, 0) is 6.54 Å². The van der Waals surface area contributed by atoms with E-state index in [0.717, 1.165) is 5.56 Å². The smallest absolute Gasteiger partial charge is 0.150 e. The Balaban J connectivity index is 2.79. The van der Waals surface area contributed by atoms with Crippen LogP contribution in [0, 0.1) is 0 Å². The van der Waals surface area contributed by atoms with Crippen molar-refractivity contribution in [1.82, 2.24) is 9.88 Å². The summed E-state index contributed by atoms with van der Waals surface area (Å²) in [5.41, 5.74) is 7.03. The highest BCUT2D eigenvalue weighted by atomic mass is 16.3. The lowest BCUT2D eigenvalue weighted by Crippen LogP contribution is -2.20. The van der Waals surface area contributed by atoms with E-state index in [0.29, 0.717) is 12.2 Å². The first-order valence-electron chi connectivity index (χ1n) is 4.14. The van der Waals surface area contributed by atoms with Gasteiger partial charge in [-0.25, -0.2) is 0 Å². The number of aliphatic hydroxyl groups is 1. The minimum atomic E-state index is -0.646. The average molecular weight is 181 g/mol. The Morgan fingerprint density at radius 2 is 2.23 bits per heavy atom. The molecular weight excluding hydrogens is 166 g/mol. The van der Waals surface area contributed by atoms with E-state index in [1.54, 1.807) is 31.3 Å². The maximum absolute atomic E-state index is 9.59. The number of hydrogen-bond acceptors (Lipinski definition) is 4. The molecule has 0 aliphatic heterocycles. The van der Waals surface area contributed by atoms with Crippen LogP contribution in [0.5, 0.6) is 0 Å². The highest BCUT2D eigenvalue weighted by Gasteiger charge is 2.09. The molecule has 0 bridgehead atoms. The van der Waals surface area contributed by atoms with E-state index in [1.807, 2.05) is 6.07 Å². The zero-order chi connectivity index (χ0) is 9.84. The van der Waals surface area contributed by atoms with Crippen molar-refractivity contribution in [3.8, 4) is 0 Å². The third-order valence-corrected chi connectivity index (χ3v) is 1.84. The molecule has 0 radical (unpaired) electrons. The molecule has 1 rings (SSSR count). The number of nitrogens with zero attached hydrogens (tertiary/aromatic N) is 2. The van der Waals surface area contributed by atoms with Crippen LogP contribution in [0.15, 0.2) is 18.3 Å². The van der Waals surface area contributed by atoms with Crippen LogP contribution < -0.4 is 5.73 Å². The zero-order valence-electron chi connectivity index (χ0n) is 7.94. The molecule has 0 aliphatic rings. The Hall–Kier alpha value is -0.970. The van der Waals surface area contributed by atoms with Crippen molar-refractivity contribution in [1.29, 1.82) is 0 Å². The lowest BCUT2D eigenvalue weighted by Gasteiger charge is -2.17. The van der Waals surface area contributed by atoms with Crippen molar-refractivity contribution < 1.29 is 5.11 Å². The minimum absolute atomic E-state index is 0.478. The Labute approximate surface area is 78.0 Å². The van der Waals surface area contributed by atoms with E-state index < -0.39 is 6.23 Å². The van der Waals surface area contributed by atoms with E-state index >= 15 is 0 Å². The van der Waals surface area contributed by atoms with Crippen molar-refractivity contribution in [2.24, 2.45) is 5.73 Å². The number of hydrogen-bond donors (Lipinski definition) is 2. The first-order valence-corrected chi connectivity index (χ1v) is 4.14. The van der Waals surface area contributed by atoms with Crippen LogP contribution in [-0.4, -0.2) is 29.1 Å². The van der Waals surface area contributed by atoms with Gasteiger partial charge in [-0.05, 0) is 25.7 Å².